The minimum atomic E-state index is -0.672. The molecule has 0 aromatic heterocycles. The first-order chi connectivity index (χ1) is 15.5. The first-order valence-corrected chi connectivity index (χ1v) is 10.5. The highest BCUT2D eigenvalue weighted by Crippen LogP contribution is 2.47. The molecule has 1 atom stereocenters. The van der Waals surface area contributed by atoms with Crippen LogP contribution in [0.5, 0.6) is 11.5 Å². The van der Waals surface area contributed by atoms with Gasteiger partial charge in [-0.25, -0.2) is 4.99 Å². The molecule has 9 heteroatoms. The van der Waals surface area contributed by atoms with E-state index in [4.69, 9.17) is 15.2 Å². The monoisotopic (exact) mass is 447 g/mol. The van der Waals surface area contributed by atoms with Crippen molar-refractivity contribution in [2.24, 2.45) is 10.7 Å². The Morgan fingerprint density at radius 2 is 1.97 bits per heavy atom. The lowest BCUT2D eigenvalue weighted by molar-refractivity contribution is -0.113. The molecule has 8 nitrogen and oxygen atoms in total. The number of para-hydroxylation sites is 1. The molecule has 2 aliphatic rings. The molecule has 2 aromatic carbocycles. The van der Waals surface area contributed by atoms with Gasteiger partial charge in [-0.15, -0.1) is 0 Å². The second-order valence-corrected chi connectivity index (χ2v) is 8.00. The van der Waals surface area contributed by atoms with E-state index >= 15 is 0 Å². The maximum absolute atomic E-state index is 13.5. The van der Waals surface area contributed by atoms with Gasteiger partial charge in [0.2, 0.25) is 0 Å². The predicted molar refractivity (Wildman–Crippen MR) is 124 cm³/mol. The summed E-state index contributed by atoms with van der Waals surface area (Å²) in [6, 6.07) is 16.0. The molecule has 0 saturated carbocycles. The van der Waals surface area contributed by atoms with E-state index in [1.54, 1.807) is 56.4 Å². The summed E-state index contributed by atoms with van der Waals surface area (Å²) in [4.78, 5) is 20.1. The number of fused-ring (bicyclic) bond motifs is 1. The molecule has 0 fully saturated rings. The molecule has 3 N–H and O–H groups in total. The summed E-state index contributed by atoms with van der Waals surface area (Å²) in [7, 11) is 3.12. The number of hydrogen-bond acceptors (Lipinski definition) is 8. The van der Waals surface area contributed by atoms with Crippen LogP contribution in [0, 0.1) is 11.3 Å². The number of thioether (sulfide) groups is 1. The van der Waals surface area contributed by atoms with E-state index in [0.717, 1.165) is 0 Å². The Morgan fingerprint density at radius 1 is 1.22 bits per heavy atom. The number of benzene rings is 2. The third kappa shape index (κ3) is 3.65. The van der Waals surface area contributed by atoms with Gasteiger partial charge in [-0.2, -0.15) is 5.26 Å². The number of carbonyl (C=O) groups excluding carboxylic acids is 1. The summed E-state index contributed by atoms with van der Waals surface area (Å²) in [5.41, 5.74) is 8.59. The van der Waals surface area contributed by atoms with Gasteiger partial charge in [0.25, 0.3) is 5.91 Å². The lowest BCUT2D eigenvalue weighted by Crippen LogP contribution is -2.39. The molecular weight excluding hydrogens is 426 g/mol. The molecule has 4 rings (SSSR count). The molecule has 0 spiro atoms. The van der Waals surface area contributed by atoms with Gasteiger partial charge in [0.15, 0.2) is 5.17 Å². The summed E-state index contributed by atoms with van der Waals surface area (Å²) < 4.78 is 11.0. The third-order valence-corrected chi connectivity index (χ3v) is 6.16. The molecule has 32 heavy (non-hydrogen) atoms. The number of amidine groups is 1. The second-order valence-electron chi connectivity index (χ2n) is 7.02. The lowest BCUT2D eigenvalue weighted by Gasteiger charge is -2.36. The minimum Gasteiger partial charge on any atom is -0.497 e. The maximum Gasteiger partial charge on any atom is 0.255 e. The minimum absolute atomic E-state index is 0.239. The van der Waals surface area contributed by atoms with Crippen molar-refractivity contribution in [3.63, 3.8) is 0 Å². The highest BCUT2D eigenvalue weighted by molar-refractivity contribution is 8.17. The van der Waals surface area contributed by atoms with E-state index in [1.807, 2.05) is 18.2 Å². The quantitative estimate of drug-likeness (QED) is 0.718. The van der Waals surface area contributed by atoms with Gasteiger partial charge in [-0.05, 0) is 49.0 Å². The molecule has 162 valence electrons. The summed E-state index contributed by atoms with van der Waals surface area (Å²) in [6.07, 6.45) is 0. The molecule has 0 radical (unpaired) electrons. The summed E-state index contributed by atoms with van der Waals surface area (Å²) in [5, 5.41) is 13.0. The van der Waals surface area contributed by atoms with Crippen LogP contribution >= 0.6 is 11.8 Å². The van der Waals surface area contributed by atoms with Crippen LogP contribution in [0.1, 0.15) is 18.5 Å². The number of nitriles is 1. The van der Waals surface area contributed by atoms with Crippen molar-refractivity contribution in [2.75, 3.05) is 19.5 Å². The summed E-state index contributed by atoms with van der Waals surface area (Å²) in [6.45, 7) is 1.77. The first-order valence-electron chi connectivity index (χ1n) is 9.73. The fraction of sp³-hybridized carbons (Fsp3) is 0.174. The number of rotatable bonds is 5. The highest BCUT2D eigenvalue weighted by atomic mass is 32.2. The van der Waals surface area contributed by atoms with Gasteiger partial charge in [0, 0.05) is 11.3 Å². The van der Waals surface area contributed by atoms with Crippen molar-refractivity contribution in [1.82, 2.24) is 4.90 Å². The Morgan fingerprint density at radius 3 is 2.62 bits per heavy atom. The molecule has 1 amide bonds. The number of allylic oxidation sites excluding steroid dienone is 2. The van der Waals surface area contributed by atoms with Gasteiger partial charge in [0.05, 0.1) is 31.5 Å². The number of ether oxygens (including phenoxy) is 2. The smallest absolute Gasteiger partial charge is 0.255 e. The molecular formula is C23H21N5O3S. The molecule has 0 aliphatic carbocycles. The van der Waals surface area contributed by atoms with Crippen molar-refractivity contribution >= 4 is 28.5 Å². The van der Waals surface area contributed by atoms with Crippen LogP contribution in [-0.4, -0.2) is 30.2 Å². The van der Waals surface area contributed by atoms with Crippen molar-refractivity contribution < 1.29 is 14.3 Å². The molecule has 0 unspecified atom stereocenters. The standard InChI is InChI=1S/C23H21N5O3S/c1-13-19(22(29)27-14-7-5-4-6-8-14)20(16-11-15(30-2)9-10-17(16)31-3)28-21(25)18(12-24)32-23(28)26-13/h4-11,20H,25H2,1-3H3,(H,27,29)/t20-/m1/s1. The van der Waals surface area contributed by atoms with Crippen LogP contribution in [0.25, 0.3) is 0 Å². The Labute approximate surface area is 190 Å². The number of nitrogens with zero attached hydrogens (tertiary/aromatic N) is 3. The number of aliphatic imine (C=N–C) groups is 1. The zero-order valence-corrected chi connectivity index (χ0v) is 18.6. The van der Waals surface area contributed by atoms with Gasteiger partial charge in [0.1, 0.15) is 28.3 Å². The van der Waals surface area contributed by atoms with Crippen LogP contribution in [0.3, 0.4) is 0 Å². The van der Waals surface area contributed by atoms with E-state index in [1.165, 1.54) is 11.8 Å². The summed E-state index contributed by atoms with van der Waals surface area (Å²) in [5.74, 6) is 1.07. The predicted octanol–water partition coefficient (Wildman–Crippen LogP) is 3.73. The second kappa shape index (κ2) is 8.69. The molecule has 0 bridgehead atoms. The molecule has 2 aromatic rings. The fourth-order valence-corrected chi connectivity index (χ4v) is 4.61. The van der Waals surface area contributed by atoms with E-state index in [9.17, 15) is 10.1 Å². The highest BCUT2D eigenvalue weighted by Gasteiger charge is 2.43. The van der Waals surface area contributed by atoms with Gasteiger partial charge >= 0.3 is 0 Å². The Balaban J connectivity index is 1.89. The molecule has 2 heterocycles. The van der Waals surface area contributed by atoms with E-state index in [2.05, 4.69) is 16.4 Å². The molecule has 0 saturated heterocycles. The van der Waals surface area contributed by atoms with Crippen LogP contribution in [0.15, 0.2) is 75.5 Å². The number of amides is 1. The average Bonchev–Trinajstić information content (AvgIpc) is 3.13. The number of nitrogens with one attached hydrogen (secondary N) is 1. The largest absolute Gasteiger partial charge is 0.497 e. The van der Waals surface area contributed by atoms with E-state index in [-0.39, 0.29) is 11.7 Å². The zero-order chi connectivity index (χ0) is 22.8. The lowest BCUT2D eigenvalue weighted by atomic mass is 9.92. The Hall–Kier alpha value is -3.90. The Kier molecular flexibility index (Phi) is 5.79. The van der Waals surface area contributed by atoms with Gasteiger partial charge in [-0.1, -0.05) is 18.2 Å². The number of methoxy groups -OCH3 is 2. The van der Waals surface area contributed by atoms with Crippen molar-refractivity contribution in [1.29, 1.82) is 5.26 Å². The van der Waals surface area contributed by atoms with Gasteiger partial charge < -0.3 is 20.5 Å². The fourth-order valence-electron chi connectivity index (χ4n) is 3.70. The van der Waals surface area contributed by atoms with E-state index < -0.39 is 6.04 Å². The summed E-state index contributed by atoms with van der Waals surface area (Å²) >= 11 is 1.18. The average molecular weight is 448 g/mol. The van der Waals surface area contributed by atoms with Crippen molar-refractivity contribution in [2.45, 2.75) is 13.0 Å². The van der Waals surface area contributed by atoms with Crippen molar-refractivity contribution in [3.05, 3.63) is 76.1 Å². The van der Waals surface area contributed by atoms with Crippen molar-refractivity contribution in [3.8, 4) is 17.6 Å². The van der Waals surface area contributed by atoms with Crippen LogP contribution in [0.2, 0.25) is 0 Å². The SMILES string of the molecule is COc1ccc(OC)c([C@@H]2C(C(=O)Nc3ccccc3)=C(C)N=C3SC(C#N)=C(N)N32)c1. The first kappa shape index (κ1) is 21.3. The number of hydrogen-bond donors (Lipinski definition) is 2. The van der Waals surface area contributed by atoms with Gasteiger partial charge in [-0.3, -0.25) is 9.69 Å². The normalized spacial score (nSPS) is 17.5. The number of anilines is 1. The maximum atomic E-state index is 13.5. The van der Waals surface area contributed by atoms with E-state index in [0.29, 0.717) is 44.1 Å². The van der Waals surface area contributed by atoms with Crippen LogP contribution < -0.4 is 20.5 Å². The topological polar surface area (TPSA) is 113 Å². The Bertz CT molecular complexity index is 1210. The molecule has 2 aliphatic heterocycles. The number of nitrogens with two attached hydrogens (primary N) is 1. The van der Waals surface area contributed by atoms with Crippen LogP contribution in [0.4, 0.5) is 5.69 Å². The number of carbonyl (C=O) groups is 1. The zero-order valence-electron chi connectivity index (χ0n) is 17.7. The van der Waals surface area contributed by atoms with Crippen LogP contribution in [-0.2, 0) is 4.79 Å². The third-order valence-electron chi connectivity index (χ3n) is 5.19.